The van der Waals surface area contributed by atoms with Crippen LogP contribution >= 0.6 is 0 Å². The number of sulfonamides is 1. The van der Waals surface area contributed by atoms with Crippen LogP contribution in [-0.2, 0) is 14.8 Å². The monoisotopic (exact) mass is 290 g/mol. The Morgan fingerprint density at radius 1 is 1.26 bits per heavy atom. The lowest BCUT2D eigenvalue weighted by Gasteiger charge is -2.32. The van der Waals surface area contributed by atoms with Crippen molar-refractivity contribution in [3.05, 3.63) is 0 Å². The van der Waals surface area contributed by atoms with Crippen molar-refractivity contribution in [1.29, 1.82) is 0 Å². The molecule has 6 heteroatoms. The minimum Gasteiger partial charge on any atom is -0.381 e. The van der Waals surface area contributed by atoms with Gasteiger partial charge in [0.1, 0.15) is 0 Å². The van der Waals surface area contributed by atoms with Crippen LogP contribution < -0.4 is 5.32 Å². The van der Waals surface area contributed by atoms with Crippen molar-refractivity contribution >= 4 is 10.0 Å². The quantitative estimate of drug-likeness (QED) is 0.814. The molecule has 0 spiro atoms. The summed E-state index contributed by atoms with van der Waals surface area (Å²) in [5.41, 5.74) is 0. The topological polar surface area (TPSA) is 58.6 Å². The highest BCUT2D eigenvalue weighted by Gasteiger charge is 2.33. The summed E-state index contributed by atoms with van der Waals surface area (Å²) < 4.78 is 32.2. The summed E-state index contributed by atoms with van der Waals surface area (Å²) >= 11 is 0. The van der Waals surface area contributed by atoms with Crippen LogP contribution in [0.2, 0.25) is 0 Å². The molecule has 2 heterocycles. The lowest BCUT2D eigenvalue weighted by atomic mass is 10.00. The van der Waals surface area contributed by atoms with E-state index in [0.29, 0.717) is 45.1 Å². The summed E-state index contributed by atoms with van der Waals surface area (Å²) in [5.74, 6) is 0.461. The van der Waals surface area contributed by atoms with Crippen LogP contribution in [0.1, 0.15) is 32.6 Å². The van der Waals surface area contributed by atoms with Gasteiger partial charge in [0.2, 0.25) is 10.0 Å². The van der Waals surface area contributed by atoms with Crippen LogP contribution in [-0.4, -0.2) is 57.4 Å². The molecule has 0 amide bonds. The number of hydrogen-bond acceptors (Lipinski definition) is 4. The smallest absolute Gasteiger partial charge is 0.217 e. The zero-order valence-corrected chi connectivity index (χ0v) is 12.6. The number of ether oxygens (including phenoxy) is 1. The van der Waals surface area contributed by atoms with Crippen molar-refractivity contribution in [3.8, 4) is 0 Å². The molecule has 0 saturated carbocycles. The molecule has 2 saturated heterocycles. The number of nitrogens with zero attached hydrogens (tertiary/aromatic N) is 1. The van der Waals surface area contributed by atoms with Crippen LogP contribution in [0.25, 0.3) is 0 Å². The fourth-order valence-electron chi connectivity index (χ4n) is 2.97. The zero-order chi connectivity index (χ0) is 13.7. The van der Waals surface area contributed by atoms with Gasteiger partial charge in [0, 0.05) is 26.3 Å². The van der Waals surface area contributed by atoms with Crippen molar-refractivity contribution in [2.45, 2.75) is 37.9 Å². The predicted octanol–water partition coefficient (Wildman–Crippen LogP) is 0.817. The van der Waals surface area contributed by atoms with E-state index < -0.39 is 10.0 Å². The summed E-state index contributed by atoms with van der Waals surface area (Å²) in [5, 5.41) is 3.12. The maximum absolute atomic E-state index is 12.6. The molecule has 2 fully saturated rings. The largest absolute Gasteiger partial charge is 0.381 e. The van der Waals surface area contributed by atoms with Gasteiger partial charge in [0.05, 0.1) is 5.25 Å². The van der Waals surface area contributed by atoms with Gasteiger partial charge in [-0.1, -0.05) is 6.92 Å². The molecule has 5 nitrogen and oxygen atoms in total. The predicted molar refractivity (Wildman–Crippen MR) is 75.6 cm³/mol. The lowest BCUT2D eigenvalue weighted by Crippen LogP contribution is -2.45. The number of hydrogen-bond donors (Lipinski definition) is 1. The van der Waals surface area contributed by atoms with Crippen molar-refractivity contribution in [2.75, 3.05) is 39.4 Å². The maximum atomic E-state index is 12.6. The molecule has 0 aromatic carbocycles. The maximum Gasteiger partial charge on any atom is 0.217 e. The van der Waals surface area contributed by atoms with Gasteiger partial charge in [-0.2, -0.15) is 0 Å². The Morgan fingerprint density at radius 3 is 2.58 bits per heavy atom. The third-order valence-corrected chi connectivity index (χ3v) is 6.60. The normalized spacial score (nSPS) is 26.7. The Kier molecular flexibility index (Phi) is 5.62. The van der Waals surface area contributed by atoms with Crippen molar-refractivity contribution in [1.82, 2.24) is 9.62 Å². The van der Waals surface area contributed by atoms with E-state index in [-0.39, 0.29) is 5.25 Å². The summed E-state index contributed by atoms with van der Waals surface area (Å²) in [6.45, 7) is 6.35. The van der Waals surface area contributed by atoms with Gasteiger partial charge < -0.3 is 10.1 Å². The van der Waals surface area contributed by atoms with Crippen LogP contribution in [0.5, 0.6) is 0 Å². The molecule has 0 aromatic rings. The Balaban J connectivity index is 1.98. The highest BCUT2D eigenvalue weighted by atomic mass is 32.2. The molecule has 112 valence electrons. The molecular formula is C13H26N2O3S. The van der Waals surface area contributed by atoms with Gasteiger partial charge in [0.15, 0.2) is 0 Å². The molecule has 2 aliphatic heterocycles. The van der Waals surface area contributed by atoms with E-state index in [0.717, 1.165) is 25.9 Å². The Bertz CT molecular complexity index is 360. The first-order valence-corrected chi connectivity index (χ1v) is 8.92. The molecule has 0 bridgehead atoms. The standard InChI is InChI=1S/C13H26N2O3S/c1-2-15(11-12-4-3-7-14-10-12)19(16,17)13-5-8-18-9-6-13/h12-14H,2-11H2,1H3. The average Bonchev–Trinajstić information content (AvgIpc) is 2.46. The van der Waals surface area contributed by atoms with Crippen LogP contribution in [0.4, 0.5) is 0 Å². The van der Waals surface area contributed by atoms with Crippen molar-refractivity contribution in [2.24, 2.45) is 5.92 Å². The van der Waals surface area contributed by atoms with E-state index in [9.17, 15) is 8.42 Å². The summed E-state index contributed by atoms with van der Waals surface area (Å²) in [7, 11) is -3.15. The molecule has 0 radical (unpaired) electrons. The van der Waals surface area contributed by atoms with Crippen molar-refractivity contribution in [3.63, 3.8) is 0 Å². The molecule has 0 aliphatic carbocycles. The lowest BCUT2D eigenvalue weighted by molar-refractivity contribution is 0.0970. The van der Waals surface area contributed by atoms with E-state index >= 15 is 0 Å². The summed E-state index contributed by atoms with van der Waals surface area (Å²) in [6.07, 6.45) is 3.57. The summed E-state index contributed by atoms with van der Waals surface area (Å²) in [6, 6.07) is 0. The number of piperidine rings is 1. The zero-order valence-electron chi connectivity index (χ0n) is 11.8. The van der Waals surface area contributed by atoms with Gasteiger partial charge in [-0.15, -0.1) is 0 Å². The van der Waals surface area contributed by atoms with Gasteiger partial charge in [-0.3, -0.25) is 0 Å². The van der Waals surface area contributed by atoms with E-state index in [1.165, 1.54) is 0 Å². The van der Waals surface area contributed by atoms with Crippen LogP contribution in [0, 0.1) is 5.92 Å². The van der Waals surface area contributed by atoms with E-state index in [1.54, 1.807) is 4.31 Å². The third kappa shape index (κ3) is 3.90. The Morgan fingerprint density at radius 2 is 2.00 bits per heavy atom. The fraction of sp³-hybridized carbons (Fsp3) is 1.00. The van der Waals surface area contributed by atoms with Gasteiger partial charge in [-0.05, 0) is 44.7 Å². The first kappa shape index (κ1) is 15.2. The van der Waals surface area contributed by atoms with Gasteiger partial charge >= 0.3 is 0 Å². The second-order valence-corrected chi connectivity index (χ2v) is 7.73. The van der Waals surface area contributed by atoms with Gasteiger partial charge in [-0.25, -0.2) is 12.7 Å². The van der Waals surface area contributed by atoms with Crippen LogP contribution in [0.15, 0.2) is 0 Å². The Hall–Kier alpha value is -0.170. The van der Waals surface area contributed by atoms with Crippen LogP contribution in [0.3, 0.4) is 0 Å². The first-order valence-electron chi connectivity index (χ1n) is 7.42. The fourth-order valence-corrected chi connectivity index (χ4v) is 4.95. The minimum absolute atomic E-state index is 0.238. The minimum atomic E-state index is -3.15. The van der Waals surface area contributed by atoms with E-state index in [4.69, 9.17) is 4.74 Å². The van der Waals surface area contributed by atoms with Gasteiger partial charge in [0.25, 0.3) is 0 Å². The third-order valence-electron chi connectivity index (χ3n) is 4.16. The molecule has 1 N–H and O–H groups in total. The van der Waals surface area contributed by atoms with Crippen molar-refractivity contribution < 1.29 is 13.2 Å². The molecular weight excluding hydrogens is 264 g/mol. The molecule has 0 aromatic heterocycles. The highest BCUT2D eigenvalue weighted by molar-refractivity contribution is 7.89. The summed E-state index contributed by atoms with van der Waals surface area (Å²) in [4.78, 5) is 0. The second kappa shape index (κ2) is 7.02. The van der Waals surface area contributed by atoms with E-state index in [2.05, 4.69) is 5.32 Å². The van der Waals surface area contributed by atoms with E-state index in [1.807, 2.05) is 6.92 Å². The average molecular weight is 290 g/mol. The first-order chi connectivity index (χ1) is 9.14. The molecule has 1 unspecified atom stereocenters. The molecule has 2 aliphatic rings. The Labute approximate surface area is 116 Å². The second-order valence-electron chi connectivity index (χ2n) is 5.52. The molecule has 1 atom stereocenters. The highest BCUT2D eigenvalue weighted by Crippen LogP contribution is 2.22. The number of nitrogens with one attached hydrogen (secondary N) is 1. The molecule has 2 rings (SSSR count). The molecule has 19 heavy (non-hydrogen) atoms. The number of rotatable bonds is 5. The SMILES string of the molecule is CCN(CC1CCCNC1)S(=O)(=O)C1CCOCC1.